The van der Waals surface area contributed by atoms with Crippen molar-refractivity contribution in [2.75, 3.05) is 37.4 Å². The van der Waals surface area contributed by atoms with Crippen molar-refractivity contribution in [1.82, 2.24) is 0 Å². The third-order valence-corrected chi connectivity index (χ3v) is 4.56. The standard InChI is InChI=1S/C23H28N4O3/c24-9-3-11-29-21-14-17-6-2-1-5-16(17)13-19(21)23(28)27-20-8-7-18(26)15-22(20)30-12-4-10-25/h1-2,5-8,13-15H,3-4,9-12,24-26H2,(H,27,28). The maximum atomic E-state index is 13.2. The van der Waals surface area contributed by atoms with Crippen LogP contribution in [0.3, 0.4) is 0 Å². The van der Waals surface area contributed by atoms with Gasteiger partial charge in [-0.3, -0.25) is 4.79 Å². The smallest absolute Gasteiger partial charge is 0.259 e. The summed E-state index contributed by atoms with van der Waals surface area (Å²) < 4.78 is 11.6. The van der Waals surface area contributed by atoms with Gasteiger partial charge < -0.3 is 32.0 Å². The molecule has 0 aliphatic heterocycles. The van der Waals surface area contributed by atoms with Crippen LogP contribution in [0, 0.1) is 0 Å². The Labute approximate surface area is 176 Å². The highest BCUT2D eigenvalue weighted by atomic mass is 16.5. The Balaban J connectivity index is 1.89. The lowest BCUT2D eigenvalue weighted by atomic mass is 10.0. The molecule has 0 unspecified atom stereocenters. The predicted molar refractivity (Wildman–Crippen MR) is 121 cm³/mol. The predicted octanol–water partition coefficient (Wildman–Crippen LogP) is 3.13. The second kappa shape index (κ2) is 10.5. The quantitative estimate of drug-likeness (QED) is 0.302. The largest absolute Gasteiger partial charge is 0.493 e. The average molecular weight is 409 g/mol. The monoisotopic (exact) mass is 408 g/mol. The molecule has 0 fully saturated rings. The van der Waals surface area contributed by atoms with Gasteiger partial charge in [-0.1, -0.05) is 24.3 Å². The van der Waals surface area contributed by atoms with Crippen molar-refractivity contribution < 1.29 is 14.3 Å². The van der Waals surface area contributed by atoms with E-state index < -0.39 is 0 Å². The van der Waals surface area contributed by atoms with Crippen LogP contribution >= 0.6 is 0 Å². The number of carbonyl (C=O) groups excluding carboxylic acids is 1. The molecule has 3 aromatic carbocycles. The van der Waals surface area contributed by atoms with Crippen molar-refractivity contribution in [2.24, 2.45) is 11.5 Å². The number of nitrogen functional groups attached to an aromatic ring is 1. The van der Waals surface area contributed by atoms with Crippen molar-refractivity contribution in [2.45, 2.75) is 12.8 Å². The molecule has 3 rings (SSSR count). The molecule has 0 radical (unpaired) electrons. The molecule has 0 atom stereocenters. The van der Waals surface area contributed by atoms with Gasteiger partial charge in [0.15, 0.2) is 0 Å². The highest BCUT2D eigenvalue weighted by Gasteiger charge is 2.17. The summed E-state index contributed by atoms with van der Waals surface area (Å²) in [5, 5.41) is 4.87. The minimum absolute atomic E-state index is 0.294. The molecule has 7 N–H and O–H groups in total. The number of rotatable bonds is 10. The molecule has 7 heteroatoms. The van der Waals surface area contributed by atoms with Gasteiger partial charge in [0.2, 0.25) is 0 Å². The van der Waals surface area contributed by atoms with Gasteiger partial charge in [0.05, 0.1) is 24.5 Å². The van der Waals surface area contributed by atoms with Crippen LogP contribution in [0.25, 0.3) is 10.8 Å². The van der Waals surface area contributed by atoms with Gasteiger partial charge in [-0.25, -0.2) is 0 Å². The first-order chi connectivity index (χ1) is 14.6. The van der Waals surface area contributed by atoms with Crippen LogP contribution in [0.1, 0.15) is 23.2 Å². The molecule has 0 aliphatic carbocycles. The minimum atomic E-state index is -0.294. The molecule has 1 amide bonds. The van der Waals surface area contributed by atoms with Gasteiger partial charge in [0.25, 0.3) is 5.91 Å². The highest BCUT2D eigenvalue weighted by Crippen LogP contribution is 2.31. The Bertz CT molecular complexity index is 1010. The molecular weight excluding hydrogens is 380 g/mol. The van der Waals surface area contributed by atoms with E-state index >= 15 is 0 Å². The SMILES string of the molecule is NCCCOc1cc(N)ccc1NC(=O)c1cc2ccccc2cc1OCCCN. The first-order valence-corrected chi connectivity index (χ1v) is 10.0. The van der Waals surface area contributed by atoms with Crippen molar-refractivity contribution in [3.8, 4) is 11.5 Å². The molecule has 3 aromatic rings. The number of fused-ring (bicyclic) bond motifs is 1. The fourth-order valence-electron chi connectivity index (χ4n) is 3.00. The number of carbonyl (C=O) groups is 1. The number of benzene rings is 3. The maximum Gasteiger partial charge on any atom is 0.259 e. The van der Waals surface area contributed by atoms with Crippen molar-refractivity contribution in [1.29, 1.82) is 0 Å². The highest BCUT2D eigenvalue weighted by molar-refractivity contribution is 6.09. The summed E-state index contributed by atoms with van der Waals surface area (Å²) in [6.07, 6.45) is 1.40. The van der Waals surface area contributed by atoms with E-state index in [9.17, 15) is 4.79 Å². The van der Waals surface area contributed by atoms with Crippen LogP contribution < -0.4 is 32.0 Å². The number of ether oxygens (including phenoxy) is 2. The van der Waals surface area contributed by atoms with E-state index in [1.807, 2.05) is 36.4 Å². The molecule has 0 heterocycles. The van der Waals surface area contributed by atoms with Gasteiger partial charge in [0, 0.05) is 11.8 Å². The zero-order chi connectivity index (χ0) is 21.3. The molecule has 0 spiro atoms. The number of nitrogens with two attached hydrogens (primary N) is 3. The molecule has 0 bridgehead atoms. The zero-order valence-corrected chi connectivity index (χ0v) is 16.9. The van der Waals surface area contributed by atoms with E-state index in [0.717, 1.165) is 10.8 Å². The van der Waals surface area contributed by atoms with E-state index in [2.05, 4.69) is 5.32 Å². The second-order valence-corrected chi connectivity index (χ2v) is 6.89. The van der Waals surface area contributed by atoms with Gasteiger partial charge in [-0.2, -0.15) is 0 Å². The van der Waals surface area contributed by atoms with Crippen LogP contribution in [0.15, 0.2) is 54.6 Å². The first-order valence-electron chi connectivity index (χ1n) is 10.0. The summed E-state index contributed by atoms with van der Waals surface area (Å²) in [6.45, 7) is 1.91. The molecule has 0 aromatic heterocycles. The van der Waals surface area contributed by atoms with Gasteiger partial charge in [-0.15, -0.1) is 0 Å². The van der Waals surface area contributed by atoms with E-state index in [0.29, 0.717) is 67.6 Å². The van der Waals surface area contributed by atoms with Crippen LogP contribution in [0.5, 0.6) is 11.5 Å². The lowest BCUT2D eigenvalue weighted by Crippen LogP contribution is -2.16. The van der Waals surface area contributed by atoms with Gasteiger partial charge in [-0.05, 0) is 61.0 Å². The Morgan fingerprint density at radius 1 is 0.833 bits per heavy atom. The number of amides is 1. The molecule has 7 nitrogen and oxygen atoms in total. The summed E-state index contributed by atoms with van der Waals surface area (Å²) in [7, 11) is 0. The first kappa shape index (κ1) is 21.4. The number of nitrogens with one attached hydrogen (secondary N) is 1. The lowest BCUT2D eigenvalue weighted by Gasteiger charge is -2.16. The van der Waals surface area contributed by atoms with E-state index in [-0.39, 0.29) is 5.91 Å². The van der Waals surface area contributed by atoms with Crippen LogP contribution in [0.4, 0.5) is 11.4 Å². The number of anilines is 2. The second-order valence-electron chi connectivity index (χ2n) is 6.89. The molecule has 158 valence electrons. The summed E-state index contributed by atoms with van der Waals surface area (Å²) in [5.41, 5.74) is 18.5. The molecule has 30 heavy (non-hydrogen) atoms. The average Bonchev–Trinajstić information content (AvgIpc) is 2.75. The topological polar surface area (TPSA) is 126 Å². The van der Waals surface area contributed by atoms with Crippen LogP contribution in [-0.2, 0) is 0 Å². The van der Waals surface area contributed by atoms with Gasteiger partial charge >= 0.3 is 0 Å². The van der Waals surface area contributed by atoms with Crippen LogP contribution in [0.2, 0.25) is 0 Å². The van der Waals surface area contributed by atoms with E-state index in [1.54, 1.807) is 18.2 Å². The third-order valence-electron chi connectivity index (χ3n) is 4.56. The Morgan fingerprint density at radius 2 is 1.47 bits per heavy atom. The zero-order valence-electron chi connectivity index (χ0n) is 16.9. The Kier molecular flexibility index (Phi) is 7.48. The van der Waals surface area contributed by atoms with Crippen molar-refractivity contribution >= 4 is 28.1 Å². The molecule has 0 aliphatic rings. The summed E-state index contributed by atoms with van der Waals surface area (Å²) in [5.74, 6) is 0.723. The molecule has 0 saturated carbocycles. The summed E-state index contributed by atoms with van der Waals surface area (Å²) in [4.78, 5) is 13.2. The third kappa shape index (κ3) is 5.40. The minimum Gasteiger partial charge on any atom is -0.493 e. The Morgan fingerprint density at radius 3 is 2.13 bits per heavy atom. The van der Waals surface area contributed by atoms with Crippen LogP contribution in [-0.4, -0.2) is 32.2 Å². The van der Waals surface area contributed by atoms with E-state index in [1.165, 1.54) is 0 Å². The molecule has 0 saturated heterocycles. The number of hydrogen-bond donors (Lipinski definition) is 4. The van der Waals surface area contributed by atoms with Crippen molar-refractivity contribution in [3.63, 3.8) is 0 Å². The van der Waals surface area contributed by atoms with E-state index in [4.69, 9.17) is 26.7 Å². The summed E-state index contributed by atoms with van der Waals surface area (Å²) in [6, 6.07) is 16.7. The van der Waals surface area contributed by atoms with Gasteiger partial charge in [0.1, 0.15) is 11.5 Å². The maximum absolute atomic E-state index is 13.2. The lowest BCUT2D eigenvalue weighted by molar-refractivity contribution is 0.102. The fraction of sp³-hybridized carbons (Fsp3) is 0.261. The molecular formula is C23H28N4O3. The number of hydrogen-bond acceptors (Lipinski definition) is 6. The Hall–Kier alpha value is -3.29. The fourth-order valence-corrected chi connectivity index (χ4v) is 3.00. The summed E-state index contributed by atoms with van der Waals surface area (Å²) >= 11 is 0. The normalized spacial score (nSPS) is 10.7. The van der Waals surface area contributed by atoms with Crippen molar-refractivity contribution in [3.05, 3.63) is 60.2 Å².